The summed E-state index contributed by atoms with van der Waals surface area (Å²) in [5.74, 6) is 1.16. The van der Waals surface area contributed by atoms with Crippen molar-refractivity contribution >= 4 is 22.4 Å². The second kappa shape index (κ2) is 9.17. The van der Waals surface area contributed by atoms with Gasteiger partial charge in [0, 0.05) is 32.4 Å². The molecular weight excluding hydrogens is 457 g/mol. The molecule has 1 aliphatic carbocycles. The lowest BCUT2D eigenvalue weighted by atomic mass is 9.98. The summed E-state index contributed by atoms with van der Waals surface area (Å²) in [5, 5.41) is 13.7. The zero-order valence-electron chi connectivity index (χ0n) is 21.3. The van der Waals surface area contributed by atoms with Crippen molar-refractivity contribution in [1.29, 1.82) is 5.26 Å². The fraction of sp³-hybridized carbons (Fsp3) is 0.481. The third-order valence-electron chi connectivity index (χ3n) is 7.68. The number of benzene rings is 1. The second-order valence-corrected chi connectivity index (χ2v) is 10.2. The van der Waals surface area contributed by atoms with E-state index in [2.05, 4.69) is 28.2 Å². The Morgan fingerprint density at radius 3 is 2.56 bits per heavy atom. The number of nitrogens with one attached hydrogen (secondary N) is 1. The standard InChI is InChI=1S/C27H32FN7O/c1-17-20(14-29)6-5-7-21(17)18(2)30-25-22-15-35(27(16-28)8-9-27)26(36)24(23(22)31-19(3)32-25)34-12-10-33(4)11-13-34/h5-7,15,18H,8-13,16H2,1-4H3,(H,30,31,32). The molecule has 0 amide bonds. The number of hydrogen-bond acceptors (Lipinski definition) is 7. The van der Waals surface area contributed by atoms with Gasteiger partial charge in [-0.2, -0.15) is 5.26 Å². The Labute approximate surface area is 210 Å². The number of pyridine rings is 1. The number of nitriles is 1. The maximum Gasteiger partial charge on any atom is 0.276 e. The Balaban J connectivity index is 1.67. The summed E-state index contributed by atoms with van der Waals surface area (Å²) in [4.78, 5) is 27.6. The van der Waals surface area contributed by atoms with Crippen LogP contribution in [-0.4, -0.2) is 59.3 Å². The minimum atomic E-state index is -0.780. The van der Waals surface area contributed by atoms with Crippen molar-refractivity contribution in [3.63, 3.8) is 0 Å². The minimum Gasteiger partial charge on any atom is -0.363 e. The predicted octanol–water partition coefficient (Wildman–Crippen LogP) is 3.66. The normalized spacial score (nSPS) is 18.2. The van der Waals surface area contributed by atoms with E-state index in [1.165, 1.54) is 0 Å². The smallest absolute Gasteiger partial charge is 0.276 e. The zero-order valence-corrected chi connectivity index (χ0v) is 21.3. The molecule has 1 aromatic carbocycles. The molecule has 36 heavy (non-hydrogen) atoms. The highest BCUT2D eigenvalue weighted by Crippen LogP contribution is 2.44. The maximum atomic E-state index is 14.2. The van der Waals surface area contributed by atoms with E-state index < -0.39 is 12.2 Å². The Kier molecular flexibility index (Phi) is 6.17. The van der Waals surface area contributed by atoms with E-state index >= 15 is 0 Å². The van der Waals surface area contributed by atoms with Crippen LogP contribution in [-0.2, 0) is 5.54 Å². The Morgan fingerprint density at radius 2 is 1.92 bits per heavy atom. The summed E-state index contributed by atoms with van der Waals surface area (Å²) in [5.41, 5.74) is 2.71. The van der Waals surface area contributed by atoms with E-state index in [-0.39, 0.29) is 11.6 Å². The Bertz CT molecular complexity index is 1410. The molecular formula is C27H32FN7O. The first kappa shape index (κ1) is 24.2. The van der Waals surface area contributed by atoms with Gasteiger partial charge in [-0.1, -0.05) is 12.1 Å². The van der Waals surface area contributed by atoms with Gasteiger partial charge in [0.05, 0.1) is 28.6 Å². The third-order valence-corrected chi connectivity index (χ3v) is 7.68. The molecule has 0 bridgehead atoms. The first-order valence-corrected chi connectivity index (χ1v) is 12.5. The molecule has 2 aliphatic rings. The van der Waals surface area contributed by atoms with Crippen molar-refractivity contribution < 1.29 is 4.39 Å². The molecule has 1 atom stereocenters. The number of alkyl halides is 1. The van der Waals surface area contributed by atoms with Crippen molar-refractivity contribution in [2.24, 2.45) is 0 Å². The number of aromatic nitrogens is 3. The van der Waals surface area contributed by atoms with Gasteiger partial charge in [0.25, 0.3) is 5.56 Å². The van der Waals surface area contributed by atoms with Crippen molar-refractivity contribution in [2.75, 3.05) is 50.1 Å². The van der Waals surface area contributed by atoms with Crippen molar-refractivity contribution in [3.8, 4) is 6.07 Å². The lowest BCUT2D eigenvalue weighted by Gasteiger charge is -2.34. The largest absolute Gasteiger partial charge is 0.363 e. The molecule has 2 fully saturated rings. The van der Waals surface area contributed by atoms with Crippen LogP contribution in [0.4, 0.5) is 15.9 Å². The molecule has 3 heterocycles. The van der Waals surface area contributed by atoms with Crippen LogP contribution >= 0.6 is 0 Å². The number of halogens is 1. The molecule has 1 unspecified atom stereocenters. The quantitative estimate of drug-likeness (QED) is 0.565. The number of piperazine rings is 1. The molecule has 1 saturated carbocycles. The summed E-state index contributed by atoms with van der Waals surface area (Å²) < 4.78 is 15.8. The number of nitrogens with zero attached hydrogens (tertiary/aromatic N) is 6. The van der Waals surface area contributed by atoms with Crippen LogP contribution in [0.1, 0.15) is 48.3 Å². The monoisotopic (exact) mass is 489 g/mol. The summed E-state index contributed by atoms with van der Waals surface area (Å²) in [6.07, 6.45) is 3.03. The van der Waals surface area contributed by atoms with Crippen LogP contribution in [0, 0.1) is 25.2 Å². The van der Waals surface area contributed by atoms with Gasteiger partial charge in [-0.3, -0.25) is 4.79 Å². The highest BCUT2D eigenvalue weighted by Gasteiger charge is 2.46. The van der Waals surface area contributed by atoms with E-state index in [1.807, 2.05) is 39.0 Å². The van der Waals surface area contributed by atoms with Crippen LogP contribution < -0.4 is 15.8 Å². The van der Waals surface area contributed by atoms with Crippen LogP contribution in [0.25, 0.3) is 10.9 Å². The molecule has 9 heteroatoms. The first-order valence-electron chi connectivity index (χ1n) is 12.5. The van der Waals surface area contributed by atoms with Gasteiger partial charge in [-0.05, 0) is 57.9 Å². The average Bonchev–Trinajstić information content (AvgIpc) is 3.66. The summed E-state index contributed by atoms with van der Waals surface area (Å²) >= 11 is 0. The van der Waals surface area contributed by atoms with Crippen LogP contribution in [0.2, 0.25) is 0 Å². The van der Waals surface area contributed by atoms with Gasteiger partial charge >= 0.3 is 0 Å². The molecule has 1 aliphatic heterocycles. The van der Waals surface area contributed by atoms with Crippen molar-refractivity contribution in [2.45, 2.75) is 45.2 Å². The van der Waals surface area contributed by atoms with E-state index in [0.29, 0.717) is 59.7 Å². The van der Waals surface area contributed by atoms with E-state index in [1.54, 1.807) is 10.8 Å². The Morgan fingerprint density at radius 1 is 1.19 bits per heavy atom. The third kappa shape index (κ3) is 4.09. The number of rotatable bonds is 6. The molecule has 0 radical (unpaired) electrons. The van der Waals surface area contributed by atoms with Crippen LogP contribution in [0.3, 0.4) is 0 Å². The summed E-state index contributed by atoms with van der Waals surface area (Å²) in [6, 6.07) is 7.78. The molecule has 188 valence electrons. The van der Waals surface area contributed by atoms with E-state index in [9.17, 15) is 14.4 Å². The number of aryl methyl sites for hydroxylation is 1. The average molecular weight is 490 g/mol. The lowest BCUT2D eigenvalue weighted by Crippen LogP contribution is -2.47. The predicted molar refractivity (Wildman–Crippen MR) is 139 cm³/mol. The Hall–Kier alpha value is -3.51. The van der Waals surface area contributed by atoms with Gasteiger partial charge in [0.15, 0.2) is 0 Å². The van der Waals surface area contributed by atoms with Crippen molar-refractivity contribution in [1.82, 2.24) is 19.4 Å². The van der Waals surface area contributed by atoms with Crippen LogP contribution in [0.5, 0.6) is 0 Å². The highest BCUT2D eigenvalue weighted by atomic mass is 19.1. The fourth-order valence-corrected chi connectivity index (χ4v) is 5.17. The maximum absolute atomic E-state index is 14.2. The van der Waals surface area contributed by atoms with Gasteiger partial charge in [-0.15, -0.1) is 0 Å². The van der Waals surface area contributed by atoms with Gasteiger partial charge < -0.3 is 19.7 Å². The topological polar surface area (TPSA) is 90.1 Å². The number of anilines is 2. The van der Waals surface area contributed by atoms with Crippen molar-refractivity contribution in [3.05, 3.63) is 57.3 Å². The van der Waals surface area contributed by atoms with Gasteiger partial charge in [0.2, 0.25) is 0 Å². The summed E-state index contributed by atoms with van der Waals surface area (Å²) in [7, 11) is 2.07. The van der Waals surface area contributed by atoms with E-state index in [4.69, 9.17) is 9.97 Å². The molecule has 3 aromatic rings. The zero-order chi connectivity index (χ0) is 25.6. The SMILES string of the molecule is Cc1nc(NC(C)c2cccc(C#N)c2C)c2cn(C3(CF)CC3)c(=O)c(N3CCN(C)CC3)c2n1. The van der Waals surface area contributed by atoms with Crippen LogP contribution in [0.15, 0.2) is 29.2 Å². The molecule has 1 saturated heterocycles. The highest BCUT2D eigenvalue weighted by molar-refractivity contribution is 5.97. The fourth-order valence-electron chi connectivity index (χ4n) is 5.17. The molecule has 2 aromatic heterocycles. The minimum absolute atomic E-state index is 0.153. The molecule has 8 nitrogen and oxygen atoms in total. The number of likely N-dealkylation sites (N-methyl/N-ethyl adjacent to an activating group) is 1. The molecule has 5 rings (SSSR count). The summed E-state index contributed by atoms with van der Waals surface area (Å²) in [6.45, 7) is 8.29. The number of hydrogen-bond donors (Lipinski definition) is 1. The number of fused-ring (bicyclic) bond motifs is 1. The van der Waals surface area contributed by atoms with Gasteiger partial charge in [0.1, 0.15) is 29.5 Å². The van der Waals surface area contributed by atoms with Gasteiger partial charge in [-0.25, -0.2) is 14.4 Å². The molecule has 0 spiro atoms. The lowest BCUT2D eigenvalue weighted by molar-refractivity contribution is 0.310. The second-order valence-electron chi connectivity index (χ2n) is 10.2. The first-order chi connectivity index (χ1) is 17.3. The molecule has 1 N–H and O–H groups in total. The van der Waals surface area contributed by atoms with E-state index in [0.717, 1.165) is 24.2 Å².